The average Bonchev–Trinajstić information content (AvgIpc) is 1.99. The van der Waals surface area contributed by atoms with E-state index in [1.54, 1.807) is 0 Å². The Kier molecular flexibility index (Phi) is 3.53. The molecule has 3 nitrogen and oxygen atoms in total. The zero-order chi connectivity index (χ0) is 8.97. The Morgan fingerprint density at radius 3 is 2.67 bits per heavy atom. The molecule has 0 aromatic rings. The number of hydrogen-bond donors (Lipinski definition) is 0. The smallest absolute Gasteiger partial charge is 0.248 e. The molecule has 3 heteroatoms. The molecule has 0 aliphatic carbocycles. The highest BCUT2D eigenvalue weighted by Crippen LogP contribution is 2.18. The highest BCUT2D eigenvalue weighted by Gasteiger charge is 2.28. The normalized spacial score (nSPS) is 17.7. The quantitative estimate of drug-likeness (QED) is 0.628. The van der Waals surface area contributed by atoms with E-state index in [4.69, 9.17) is 4.74 Å². The third-order valence-electron chi connectivity index (χ3n) is 2.32. The Morgan fingerprint density at radius 1 is 1.50 bits per heavy atom. The second-order valence-electron chi connectivity index (χ2n) is 3.21. The van der Waals surface area contributed by atoms with E-state index < -0.39 is 0 Å². The third kappa shape index (κ3) is 2.21. The zero-order valence-corrected chi connectivity index (χ0v) is 7.88. The van der Waals surface area contributed by atoms with Gasteiger partial charge in [0.15, 0.2) is 0 Å². The van der Waals surface area contributed by atoms with Crippen LogP contribution in [0.1, 0.15) is 20.3 Å². The van der Waals surface area contributed by atoms with Crippen molar-refractivity contribution in [2.24, 2.45) is 5.92 Å². The lowest BCUT2D eigenvalue weighted by Crippen LogP contribution is -2.50. The molecule has 0 aromatic heterocycles. The summed E-state index contributed by atoms with van der Waals surface area (Å²) in [5, 5.41) is 0. The van der Waals surface area contributed by atoms with E-state index in [1.165, 1.54) is 6.42 Å². The van der Waals surface area contributed by atoms with Gasteiger partial charge in [0, 0.05) is 19.7 Å². The molecule has 1 saturated heterocycles. The van der Waals surface area contributed by atoms with E-state index in [0.717, 1.165) is 19.0 Å². The number of likely N-dealkylation sites (tertiary alicyclic amines) is 1. The van der Waals surface area contributed by atoms with Gasteiger partial charge in [0.05, 0.1) is 0 Å². The van der Waals surface area contributed by atoms with Crippen molar-refractivity contribution in [1.82, 2.24) is 4.90 Å². The summed E-state index contributed by atoms with van der Waals surface area (Å²) in [6.45, 7) is 6.81. The number of rotatable bonds is 4. The lowest BCUT2D eigenvalue weighted by atomic mass is 9.97. The van der Waals surface area contributed by atoms with Gasteiger partial charge >= 0.3 is 0 Å². The number of ether oxygens (including phenoxy) is 1. The van der Waals surface area contributed by atoms with Crippen LogP contribution < -0.4 is 0 Å². The molecule has 70 valence electrons. The molecule has 0 atom stereocenters. The topological polar surface area (TPSA) is 29.5 Å². The van der Waals surface area contributed by atoms with Crippen molar-refractivity contribution in [3.63, 3.8) is 0 Å². The predicted molar refractivity (Wildman–Crippen MR) is 46.9 cm³/mol. The minimum atomic E-state index is 0.140. The second-order valence-corrected chi connectivity index (χ2v) is 3.21. The summed E-state index contributed by atoms with van der Waals surface area (Å²) < 4.78 is 5.03. The molecule has 1 heterocycles. The summed E-state index contributed by atoms with van der Waals surface area (Å²) in [6.07, 6.45) is 1.18. The fourth-order valence-electron chi connectivity index (χ4n) is 1.31. The van der Waals surface area contributed by atoms with Gasteiger partial charge in [0.25, 0.3) is 0 Å². The van der Waals surface area contributed by atoms with Gasteiger partial charge in [-0.25, -0.2) is 0 Å². The molecular weight excluding hydrogens is 154 g/mol. The van der Waals surface area contributed by atoms with Crippen molar-refractivity contribution in [2.45, 2.75) is 20.3 Å². The van der Waals surface area contributed by atoms with Crippen LogP contribution in [-0.4, -0.2) is 37.1 Å². The van der Waals surface area contributed by atoms with Crippen molar-refractivity contribution < 1.29 is 9.53 Å². The van der Waals surface area contributed by atoms with Crippen LogP contribution >= 0.6 is 0 Å². The van der Waals surface area contributed by atoms with Gasteiger partial charge < -0.3 is 9.64 Å². The summed E-state index contributed by atoms with van der Waals surface area (Å²) in [5.74, 6) is 0.872. The van der Waals surface area contributed by atoms with Crippen LogP contribution in [0.5, 0.6) is 0 Å². The molecule has 1 aliphatic rings. The molecule has 1 rings (SSSR count). The van der Waals surface area contributed by atoms with Gasteiger partial charge in [-0.1, -0.05) is 6.92 Å². The number of hydrogen-bond acceptors (Lipinski definition) is 2. The summed E-state index contributed by atoms with van der Waals surface area (Å²) in [7, 11) is 0. The average molecular weight is 171 g/mol. The largest absolute Gasteiger partial charge is 0.372 e. The van der Waals surface area contributed by atoms with E-state index in [9.17, 15) is 4.79 Å². The second kappa shape index (κ2) is 4.45. The molecular formula is C9H17NO2. The van der Waals surface area contributed by atoms with Crippen LogP contribution in [0.25, 0.3) is 0 Å². The molecule has 1 fully saturated rings. The lowest BCUT2D eigenvalue weighted by molar-refractivity contribution is -0.142. The van der Waals surface area contributed by atoms with Gasteiger partial charge in [-0.3, -0.25) is 4.79 Å². The van der Waals surface area contributed by atoms with Gasteiger partial charge in [-0.2, -0.15) is 0 Å². The third-order valence-corrected chi connectivity index (χ3v) is 2.32. The summed E-state index contributed by atoms with van der Waals surface area (Å²) in [6, 6.07) is 0. The first kappa shape index (κ1) is 9.52. The maximum absolute atomic E-state index is 11.2. The number of amides is 1. The summed E-state index contributed by atoms with van der Waals surface area (Å²) >= 11 is 0. The first-order valence-corrected chi connectivity index (χ1v) is 4.63. The first-order valence-electron chi connectivity index (χ1n) is 4.63. The fourth-order valence-corrected chi connectivity index (χ4v) is 1.31. The Hall–Kier alpha value is -0.570. The fraction of sp³-hybridized carbons (Fsp3) is 0.889. The molecule has 0 saturated carbocycles. The molecule has 0 unspecified atom stereocenters. The van der Waals surface area contributed by atoms with Crippen LogP contribution in [0.2, 0.25) is 0 Å². The van der Waals surface area contributed by atoms with E-state index in [1.807, 2.05) is 11.8 Å². The monoisotopic (exact) mass is 171 g/mol. The molecule has 0 bridgehead atoms. The number of carbonyl (C=O) groups excluding carboxylic acids is 1. The lowest BCUT2D eigenvalue weighted by Gasteiger charge is -2.38. The SMILES string of the molecule is CCOCC(=O)N1CC(CC)C1. The molecule has 1 amide bonds. The van der Waals surface area contributed by atoms with Crippen LogP contribution in [-0.2, 0) is 9.53 Å². The molecule has 0 aromatic carbocycles. The Balaban J connectivity index is 2.11. The van der Waals surface area contributed by atoms with Crippen molar-refractivity contribution in [2.75, 3.05) is 26.3 Å². The van der Waals surface area contributed by atoms with Crippen LogP contribution in [0.15, 0.2) is 0 Å². The van der Waals surface area contributed by atoms with E-state index in [2.05, 4.69) is 6.92 Å². The number of nitrogens with zero attached hydrogens (tertiary/aromatic N) is 1. The Labute approximate surface area is 73.7 Å². The van der Waals surface area contributed by atoms with Crippen molar-refractivity contribution in [3.8, 4) is 0 Å². The molecule has 12 heavy (non-hydrogen) atoms. The van der Waals surface area contributed by atoms with Crippen LogP contribution in [0.4, 0.5) is 0 Å². The Bertz CT molecular complexity index is 153. The molecule has 0 radical (unpaired) electrons. The molecule has 0 spiro atoms. The standard InChI is InChI=1S/C9H17NO2/c1-3-8-5-10(6-8)9(11)7-12-4-2/h8H,3-7H2,1-2H3. The molecule has 0 N–H and O–H groups in total. The maximum Gasteiger partial charge on any atom is 0.248 e. The highest BCUT2D eigenvalue weighted by atomic mass is 16.5. The predicted octanol–water partition coefficient (Wildman–Crippen LogP) is 0.891. The minimum Gasteiger partial charge on any atom is -0.372 e. The molecule has 1 aliphatic heterocycles. The van der Waals surface area contributed by atoms with Crippen molar-refractivity contribution in [3.05, 3.63) is 0 Å². The van der Waals surface area contributed by atoms with Crippen LogP contribution in [0.3, 0.4) is 0 Å². The van der Waals surface area contributed by atoms with Gasteiger partial charge in [0.1, 0.15) is 6.61 Å². The number of carbonyl (C=O) groups is 1. The van der Waals surface area contributed by atoms with Crippen molar-refractivity contribution >= 4 is 5.91 Å². The Morgan fingerprint density at radius 2 is 2.17 bits per heavy atom. The van der Waals surface area contributed by atoms with Crippen molar-refractivity contribution in [1.29, 1.82) is 0 Å². The van der Waals surface area contributed by atoms with Crippen LogP contribution in [0, 0.1) is 5.92 Å². The van der Waals surface area contributed by atoms with E-state index in [0.29, 0.717) is 6.61 Å². The summed E-state index contributed by atoms with van der Waals surface area (Å²) in [4.78, 5) is 13.1. The zero-order valence-electron chi connectivity index (χ0n) is 7.88. The minimum absolute atomic E-state index is 0.140. The van der Waals surface area contributed by atoms with Gasteiger partial charge in [0.2, 0.25) is 5.91 Å². The first-order chi connectivity index (χ1) is 5.77. The maximum atomic E-state index is 11.2. The van der Waals surface area contributed by atoms with E-state index in [-0.39, 0.29) is 12.5 Å². The van der Waals surface area contributed by atoms with Gasteiger partial charge in [-0.05, 0) is 19.3 Å². The highest BCUT2D eigenvalue weighted by molar-refractivity contribution is 5.78. The van der Waals surface area contributed by atoms with Gasteiger partial charge in [-0.15, -0.1) is 0 Å². The summed E-state index contributed by atoms with van der Waals surface area (Å²) in [5.41, 5.74) is 0. The van der Waals surface area contributed by atoms with E-state index >= 15 is 0 Å².